The standard InChI is InChI=1S/C23H22N4O2S/c1-17-8-12-19(13-9-17)22(24-16-18-10-14-21(15-11-18)27(28)29)25-23(30)26(2)20-6-4-3-5-7-20/h3-15H,16H2,1-2H3,(H,24,25,30)/p+1. The van der Waals surface area contributed by atoms with Gasteiger partial charge in [0.2, 0.25) is 0 Å². The third-order valence-corrected chi connectivity index (χ3v) is 5.01. The van der Waals surface area contributed by atoms with E-state index in [1.807, 2.05) is 73.5 Å². The summed E-state index contributed by atoms with van der Waals surface area (Å²) < 4.78 is 0. The molecule has 0 fully saturated rings. The first-order valence-corrected chi connectivity index (χ1v) is 9.86. The van der Waals surface area contributed by atoms with E-state index in [9.17, 15) is 10.1 Å². The number of amidine groups is 1. The fraction of sp³-hybridized carbons (Fsp3) is 0.130. The van der Waals surface area contributed by atoms with E-state index in [2.05, 4.69) is 10.3 Å². The van der Waals surface area contributed by atoms with Gasteiger partial charge in [-0.2, -0.15) is 0 Å². The first-order chi connectivity index (χ1) is 14.4. The van der Waals surface area contributed by atoms with Crippen molar-refractivity contribution in [3.8, 4) is 0 Å². The number of non-ortho nitro benzene ring substituents is 1. The van der Waals surface area contributed by atoms with Gasteiger partial charge in [-0.05, 0) is 61.1 Å². The smallest absolute Gasteiger partial charge is 0.282 e. The van der Waals surface area contributed by atoms with E-state index in [1.54, 1.807) is 12.1 Å². The zero-order valence-electron chi connectivity index (χ0n) is 16.8. The van der Waals surface area contributed by atoms with E-state index < -0.39 is 4.92 Å². The minimum atomic E-state index is -0.402. The van der Waals surface area contributed by atoms with E-state index >= 15 is 0 Å². The fourth-order valence-corrected chi connectivity index (χ4v) is 3.03. The molecule has 3 rings (SSSR count). The lowest BCUT2D eigenvalue weighted by atomic mass is 10.1. The lowest BCUT2D eigenvalue weighted by molar-refractivity contribution is -0.476. The summed E-state index contributed by atoms with van der Waals surface area (Å²) in [4.78, 5) is 15.7. The highest BCUT2D eigenvalue weighted by Gasteiger charge is 2.17. The number of para-hydroxylation sites is 1. The summed E-state index contributed by atoms with van der Waals surface area (Å²) in [6.45, 7) is 2.53. The quantitative estimate of drug-likeness (QED) is 0.219. The minimum absolute atomic E-state index is 0.0743. The van der Waals surface area contributed by atoms with Gasteiger partial charge in [0.1, 0.15) is 6.54 Å². The summed E-state index contributed by atoms with van der Waals surface area (Å²) in [7, 11) is 1.91. The van der Waals surface area contributed by atoms with E-state index in [0.717, 1.165) is 28.2 Å². The monoisotopic (exact) mass is 419 g/mol. The highest BCUT2D eigenvalue weighted by atomic mass is 32.1. The maximum atomic E-state index is 10.8. The molecule has 0 heterocycles. The van der Waals surface area contributed by atoms with Crippen molar-refractivity contribution in [2.45, 2.75) is 13.5 Å². The highest BCUT2D eigenvalue weighted by molar-refractivity contribution is 7.80. The molecule has 0 aliphatic heterocycles. The molecule has 3 aromatic rings. The third-order valence-electron chi connectivity index (χ3n) is 4.64. The molecule has 3 aromatic carbocycles. The van der Waals surface area contributed by atoms with Gasteiger partial charge in [0.25, 0.3) is 16.6 Å². The Morgan fingerprint density at radius 2 is 1.67 bits per heavy atom. The molecule has 0 saturated carbocycles. The molecule has 6 nitrogen and oxygen atoms in total. The Morgan fingerprint density at radius 3 is 2.27 bits per heavy atom. The molecule has 0 spiro atoms. The van der Waals surface area contributed by atoms with Crippen LogP contribution in [0.1, 0.15) is 16.7 Å². The number of nitrogens with one attached hydrogen (secondary N) is 2. The average molecular weight is 420 g/mol. The molecule has 0 aliphatic rings. The number of hydrogen-bond acceptors (Lipinski definition) is 3. The van der Waals surface area contributed by atoms with E-state index in [0.29, 0.717) is 11.7 Å². The maximum absolute atomic E-state index is 10.8. The molecule has 0 aromatic heterocycles. The zero-order valence-corrected chi connectivity index (χ0v) is 17.6. The summed E-state index contributed by atoms with van der Waals surface area (Å²) in [5.74, 6) is 0.765. The summed E-state index contributed by atoms with van der Waals surface area (Å²) in [5, 5.41) is 14.7. The fourth-order valence-electron chi connectivity index (χ4n) is 2.82. The predicted octanol–water partition coefficient (Wildman–Crippen LogP) is 2.94. The third kappa shape index (κ3) is 5.48. The number of nitro benzene ring substituents is 1. The number of thiocarbonyl (C=S) groups is 1. The van der Waals surface area contributed by atoms with Crippen LogP contribution in [0.2, 0.25) is 0 Å². The van der Waals surface area contributed by atoms with Crippen LogP contribution >= 0.6 is 12.2 Å². The van der Waals surface area contributed by atoms with E-state index in [1.165, 1.54) is 12.1 Å². The molecule has 0 amide bonds. The lowest BCUT2D eigenvalue weighted by Gasteiger charge is -2.17. The van der Waals surface area contributed by atoms with Crippen LogP contribution in [0.5, 0.6) is 0 Å². The summed E-state index contributed by atoms with van der Waals surface area (Å²) in [6.07, 6.45) is 0. The van der Waals surface area contributed by atoms with Crippen LogP contribution in [0.4, 0.5) is 11.4 Å². The molecule has 2 N–H and O–H groups in total. The van der Waals surface area contributed by atoms with E-state index in [4.69, 9.17) is 12.2 Å². The van der Waals surface area contributed by atoms with Gasteiger partial charge in [-0.1, -0.05) is 35.9 Å². The predicted molar refractivity (Wildman–Crippen MR) is 124 cm³/mol. The van der Waals surface area contributed by atoms with Crippen molar-refractivity contribution in [3.63, 3.8) is 0 Å². The normalized spacial score (nSPS) is 11.1. The second kappa shape index (κ2) is 9.76. The van der Waals surface area contributed by atoms with Gasteiger partial charge in [0, 0.05) is 24.9 Å². The number of nitro groups is 1. The van der Waals surface area contributed by atoms with E-state index in [-0.39, 0.29) is 5.69 Å². The number of benzene rings is 3. The average Bonchev–Trinajstić information content (AvgIpc) is 2.77. The van der Waals surface area contributed by atoms with Gasteiger partial charge < -0.3 is 4.90 Å². The Balaban J connectivity index is 1.83. The van der Waals surface area contributed by atoms with Gasteiger partial charge in [-0.3, -0.25) is 15.1 Å². The van der Waals surface area contributed by atoms with Crippen LogP contribution in [0.15, 0.2) is 78.9 Å². The molecule has 7 heteroatoms. The summed E-state index contributed by atoms with van der Waals surface area (Å²) in [5.41, 5.74) is 4.11. The van der Waals surface area contributed by atoms with Crippen LogP contribution in [-0.4, -0.2) is 22.9 Å². The topological polar surface area (TPSA) is 72.4 Å². The zero-order chi connectivity index (χ0) is 21.5. The molecule has 30 heavy (non-hydrogen) atoms. The second-order valence-corrected chi connectivity index (χ2v) is 7.23. The molecular formula is C23H23N4O2S+. The van der Waals surface area contributed by atoms with Gasteiger partial charge in [0.15, 0.2) is 0 Å². The Hall–Kier alpha value is -3.58. The van der Waals surface area contributed by atoms with Crippen LogP contribution in [-0.2, 0) is 6.54 Å². The Labute approximate surface area is 181 Å². The molecule has 0 atom stereocenters. The first-order valence-electron chi connectivity index (χ1n) is 9.45. The van der Waals surface area contributed by atoms with Crippen LogP contribution < -0.4 is 15.2 Å². The molecule has 0 bridgehead atoms. The summed E-state index contributed by atoms with van der Waals surface area (Å²) >= 11 is 5.62. The van der Waals surface area contributed by atoms with Crippen molar-refractivity contribution < 1.29 is 9.92 Å². The van der Waals surface area contributed by atoms with Crippen molar-refractivity contribution in [2.24, 2.45) is 0 Å². The lowest BCUT2D eigenvalue weighted by Crippen LogP contribution is -2.75. The van der Waals surface area contributed by atoms with Crippen LogP contribution in [0, 0.1) is 17.0 Å². The molecule has 0 unspecified atom stereocenters. The van der Waals surface area contributed by atoms with Gasteiger partial charge in [-0.15, -0.1) is 0 Å². The van der Waals surface area contributed by atoms with Crippen molar-refractivity contribution in [1.29, 1.82) is 0 Å². The Bertz CT molecular complexity index is 1050. The van der Waals surface area contributed by atoms with Crippen molar-refractivity contribution in [1.82, 2.24) is 5.32 Å². The Morgan fingerprint density at radius 1 is 1.03 bits per heavy atom. The molecule has 0 saturated heterocycles. The number of rotatable bonds is 5. The SMILES string of the molecule is Cc1ccc(C(NC(=S)N(C)c2ccccc2)=[NH+]Cc2ccc([N+](=O)[O-])cc2)cc1. The van der Waals surface area contributed by atoms with Gasteiger partial charge in [-0.25, -0.2) is 5.32 Å². The number of nitrogens with zero attached hydrogens (tertiary/aromatic N) is 2. The molecule has 0 aliphatic carbocycles. The van der Waals surface area contributed by atoms with Crippen molar-refractivity contribution in [3.05, 3.63) is 106 Å². The van der Waals surface area contributed by atoms with Crippen LogP contribution in [0.3, 0.4) is 0 Å². The number of hydrogen-bond donors (Lipinski definition) is 2. The first kappa shape index (κ1) is 21.1. The molecule has 0 radical (unpaired) electrons. The largest absolute Gasteiger partial charge is 0.303 e. The molecular weight excluding hydrogens is 396 g/mol. The number of anilines is 1. The molecule has 152 valence electrons. The second-order valence-electron chi connectivity index (χ2n) is 6.84. The maximum Gasteiger partial charge on any atom is 0.282 e. The van der Waals surface area contributed by atoms with Crippen LogP contribution in [0.25, 0.3) is 0 Å². The van der Waals surface area contributed by atoms with Gasteiger partial charge in [0.05, 0.1) is 10.5 Å². The van der Waals surface area contributed by atoms with Crippen molar-refractivity contribution >= 4 is 34.5 Å². The van der Waals surface area contributed by atoms with Crippen molar-refractivity contribution in [2.75, 3.05) is 11.9 Å². The Kier molecular flexibility index (Phi) is 6.87. The minimum Gasteiger partial charge on any atom is -0.303 e. The highest BCUT2D eigenvalue weighted by Crippen LogP contribution is 2.12. The number of aryl methyl sites for hydroxylation is 1. The van der Waals surface area contributed by atoms with Gasteiger partial charge >= 0.3 is 0 Å². The summed E-state index contributed by atoms with van der Waals surface area (Å²) in [6, 6.07) is 24.5.